The van der Waals surface area contributed by atoms with Crippen LogP contribution in [-0.2, 0) is 4.79 Å². The van der Waals surface area contributed by atoms with Crippen LogP contribution in [0.3, 0.4) is 0 Å². The highest BCUT2D eigenvalue weighted by molar-refractivity contribution is 5.76. The minimum atomic E-state index is -1.43. The first-order valence-corrected chi connectivity index (χ1v) is 4.35. The Morgan fingerprint density at radius 3 is 2.33 bits per heavy atom. The second kappa shape index (κ2) is 4.33. The Bertz CT molecular complexity index is 390. The van der Waals surface area contributed by atoms with E-state index in [9.17, 15) is 18.0 Å². The van der Waals surface area contributed by atoms with Crippen molar-refractivity contribution in [3.63, 3.8) is 0 Å². The number of carboxylic acids is 1. The molecule has 1 aromatic carbocycles. The van der Waals surface area contributed by atoms with E-state index < -0.39 is 34.9 Å². The summed E-state index contributed by atoms with van der Waals surface area (Å²) in [6.07, 6.45) is -0.00731. The Hall–Kier alpha value is -1.52. The van der Waals surface area contributed by atoms with Crippen molar-refractivity contribution in [2.45, 2.75) is 19.3 Å². The van der Waals surface area contributed by atoms with Crippen LogP contribution in [0, 0.1) is 17.5 Å². The average Bonchev–Trinajstić information content (AvgIpc) is 2.18. The zero-order chi connectivity index (χ0) is 11.6. The van der Waals surface area contributed by atoms with Crippen LogP contribution in [0.1, 0.15) is 24.8 Å². The summed E-state index contributed by atoms with van der Waals surface area (Å²) in [6.45, 7) is 1.46. The molecule has 0 spiro atoms. The second-order valence-corrected chi connectivity index (χ2v) is 3.06. The Labute approximate surface area is 84.3 Å². The molecule has 0 heterocycles. The third-order valence-corrected chi connectivity index (χ3v) is 2.13. The van der Waals surface area contributed by atoms with Crippen molar-refractivity contribution in [3.05, 3.63) is 35.1 Å². The van der Waals surface area contributed by atoms with Gasteiger partial charge in [-0.2, -0.15) is 0 Å². The molecule has 5 heteroatoms. The van der Waals surface area contributed by atoms with Crippen LogP contribution in [0.2, 0.25) is 0 Å². The van der Waals surface area contributed by atoms with Crippen molar-refractivity contribution in [3.8, 4) is 0 Å². The minimum absolute atomic E-state index is 0.00731. The second-order valence-electron chi connectivity index (χ2n) is 3.06. The van der Waals surface area contributed by atoms with Crippen molar-refractivity contribution < 1.29 is 23.1 Å². The van der Waals surface area contributed by atoms with E-state index in [1.54, 1.807) is 0 Å². The molecule has 82 valence electrons. The van der Waals surface area contributed by atoms with Gasteiger partial charge in [-0.3, -0.25) is 4.79 Å². The normalized spacial score (nSPS) is 12.5. The topological polar surface area (TPSA) is 37.3 Å². The molecule has 0 bridgehead atoms. The maximum atomic E-state index is 13.2. The lowest BCUT2D eigenvalue weighted by Crippen LogP contribution is -2.15. The van der Waals surface area contributed by atoms with Crippen LogP contribution in [0.5, 0.6) is 0 Å². The van der Waals surface area contributed by atoms with Crippen LogP contribution in [0.4, 0.5) is 13.2 Å². The van der Waals surface area contributed by atoms with Gasteiger partial charge in [0.2, 0.25) is 0 Å². The van der Waals surface area contributed by atoms with E-state index in [0.717, 1.165) is 6.07 Å². The lowest BCUT2D eigenvalue weighted by Gasteiger charge is -2.12. The van der Waals surface area contributed by atoms with E-state index in [0.29, 0.717) is 6.07 Å². The van der Waals surface area contributed by atoms with E-state index in [-0.39, 0.29) is 6.42 Å². The molecule has 0 radical (unpaired) electrons. The van der Waals surface area contributed by atoms with Gasteiger partial charge in [-0.25, -0.2) is 13.2 Å². The number of benzene rings is 1. The quantitative estimate of drug-likeness (QED) is 0.792. The van der Waals surface area contributed by atoms with Crippen molar-refractivity contribution in [2.24, 2.45) is 0 Å². The maximum Gasteiger partial charge on any atom is 0.311 e. The van der Waals surface area contributed by atoms with E-state index in [1.165, 1.54) is 6.92 Å². The molecule has 1 aromatic rings. The Kier molecular flexibility index (Phi) is 3.34. The molecular formula is C10H9F3O2. The molecule has 0 aliphatic carbocycles. The maximum absolute atomic E-state index is 13.2. The lowest BCUT2D eigenvalue weighted by atomic mass is 9.95. The summed E-state index contributed by atoms with van der Waals surface area (Å²) in [7, 11) is 0. The fraction of sp³-hybridized carbons (Fsp3) is 0.300. The van der Waals surface area contributed by atoms with Gasteiger partial charge in [0.15, 0.2) is 11.6 Å². The molecule has 1 rings (SSSR count). The van der Waals surface area contributed by atoms with E-state index in [2.05, 4.69) is 0 Å². The van der Waals surface area contributed by atoms with Crippen molar-refractivity contribution in [2.75, 3.05) is 0 Å². The van der Waals surface area contributed by atoms with Crippen LogP contribution < -0.4 is 0 Å². The Morgan fingerprint density at radius 2 is 1.87 bits per heavy atom. The lowest BCUT2D eigenvalue weighted by molar-refractivity contribution is -0.139. The Morgan fingerprint density at radius 1 is 1.33 bits per heavy atom. The van der Waals surface area contributed by atoms with E-state index in [1.807, 2.05) is 0 Å². The number of carboxylic acid groups (broad SMARTS) is 1. The summed E-state index contributed by atoms with van der Waals surface area (Å²) in [5.41, 5.74) is -0.718. The number of hydrogen-bond acceptors (Lipinski definition) is 1. The van der Waals surface area contributed by atoms with Gasteiger partial charge in [0.25, 0.3) is 0 Å². The third kappa shape index (κ3) is 2.11. The fourth-order valence-corrected chi connectivity index (χ4v) is 1.36. The minimum Gasteiger partial charge on any atom is -0.481 e. The van der Waals surface area contributed by atoms with Gasteiger partial charge in [-0.15, -0.1) is 0 Å². The first-order valence-electron chi connectivity index (χ1n) is 4.35. The monoisotopic (exact) mass is 218 g/mol. The smallest absolute Gasteiger partial charge is 0.311 e. The zero-order valence-corrected chi connectivity index (χ0v) is 7.93. The molecule has 1 atom stereocenters. The highest BCUT2D eigenvalue weighted by Gasteiger charge is 2.26. The van der Waals surface area contributed by atoms with Gasteiger partial charge < -0.3 is 5.11 Å². The first kappa shape index (κ1) is 11.6. The van der Waals surface area contributed by atoms with Crippen LogP contribution >= 0.6 is 0 Å². The predicted octanol–water partition coefficient (Wildman–Crippen LogP) is 2.68. The number of hydrogen-bond donors (Lipinski definition) is 1. The number of aliphatic carboxylic acids is 1. The number of rotatable bonds is 3. The highest BCUT2D eigenvalue weighted by atomic mass is 19.2. The molecule has 0 aromatic heterocycles. The molecule has 0 amide bonds. The highest BCUT2D eigenvalue weighted by Crippen LogP contribution is 2.27. The van der Waals surface area contributed by atoms with Crippen LogP contribution in [0.25, 0.3) is 0 Å². The standard InChI is InChI=1S/C10H9F3O2/c1-2-5(10(14)15)8-6(11)3-4-7(12)9(8)13/h3-5H,2H2,1H3,(H,14,15). The van der Waals surface area contributed by atoms with E-state index >= 15 is 0 Å². The van der Waals surface area contributed by atoms with Gasteiger partial charge in [-0.1, -0.05) is 6.92 Å². The largest absolute Gasteiger partial charge is 0.481 e. The van der Waals surface area contributed by atoms with Crippen molar-refractivity contribution in [1.82, 2.24) is 0 Å². The number of carbonyl (C=O) groups is 1. The third-order valence-electron chi connectivity index (χ3n) is 2.13. The molecule has 0 aliphatic heterocycles. The molecule has 1 unspecified atom stereocenters. The molecule has 0 saturated carbocycles. The summed E-state index contributed by atoms with van der Waals surface area (Å²) in [6, 6.07) is 1.35. The van der Waals surface area contributed by atoms with Crippen molar-refractivity contribution >= 4 is 5.97 Å². The summed E-state index contributed by atoms with van der Waals surface area (Å²) >= 11 is 0. The van der Waals surface area contributed by atoms with Gasteiger partial charge in [0, 0.05) is 5.56 Å². The molecule has 15 heavy (non-hydrogen) atoms. The Balaban J connectivity index is 3.34. The van der Waals surface area contributed by atoms with Crippen LogP contribution in [0.15, 0.2) is 12.1 Å². The molecule has 0 fully saturated rings. The molecule has 2 nitrogen and oxygen atoms in total. The average molecular weight is 218 g/mol. The van der Waals surface area contributed by atoms with Crippen LogP contribution in [-0.4, -0.2) is 11.1 Å². The van der Waals surface area contributed by atoms with Gasteiger partial charge in [-0.05, 0) is 18.6 Å². The molecular weight excluding hydrogens is 209 g/mol. The summed E-state index contributed by atoms with van der Waals surface area (Å²) < 4.78 is 39.1. The molecule has 0 aliphatic rings. The van der Waals surface area contributed by atoms with Crippen molar-refractivity contribution in [1.29, 1.82) is 0 Å². The molecule has 0 saturated heterocycles. The SMILES string of the molecule is CCC(C(=O)O)c1c(F)ccc(F)c1F. The summed E-state index contributed by atoms with van der Waals surface area (Å²) in [5.74, 6) is -6.44. The van der Waals surface area contributed by atoms with Gasteiger partial charge in [0.05, 0.1) is 5.92 Å². The molecule has 1 N–H and O–H groups in total. The zero-order valence-electron chi connectivity index (χ0n) is 7.93. The summed E-state index contributed by atoms with van der Waals surface area (Å²) in [4.78, 5) is 10.7. The first-order chi connectivity index (χ1) is 6.99. The van der Waals surface area contributed by atoms with E-state index in [4.69, 9.17) is 5.11 Å². The fourth-order valence-electron chi connectivity index (χ4n) is 1.36. The van der Waals surface area contributed by atoms with Gasteiger partial charge >= 0.3 is 5.97 Å². The number of halogens is 3. The summed E-state index contributed by atoms with van der Waals surface area (Å²) in [5, 5.41) is 8.71. The predicted molar refractivity (Wildman–Crippen MR) is 47.0 cm³/mol. The van der Waals surface area contributed by atoms with Gasteiger partial charge in [0.1, 0.15) is 5.82 Å².